The molecule has 1 heterocycles. The molecular weight excluding hydrogens is 238 g/mol. The average Bonchev–Trinajstić information content (AvgIpc) is 2.83. The van der Waals surface area contributed by atoms with Crippen molar-refractivity contribution in [3.05, 3.63) is 35.4 Å². The fourth-order valence-corrected chi connectivity index (χ4v) is 2.18. The first kappa shape index (κ1) is 13.0. The van der Waals surface area contributed by atoms with E-state index in [1.165, 1.54) is 12.1 Å². The van der Waals surface area contributed by atoms with Crippen LogP contribution in [-0.4, -0.2) is 37.0 Å². The molecule has 1 aliphatic heterocycles. The van der Waals surface area contributed by atoms with Gasteiger partial charge in [-0.1, -0.05) is 12.1 Å². The third-order valence-electron chi connectivity index (χ3n) is 3.32. The van der Waals surface area contributed by atoms with Crippen molar-refractivity contribution < 1.29 is 13.6 Å². The molecule has 0 radical (unpaired) electrons. The second kappa shape index (κ2) is 5.44. The molecule has 0 saturated carbocycles. The lowest BCUT2D eigenvalue weighted by Crippen LogP contribution is -2.34. The zero-order valence-electron chi connectivity index (χ0n) is 10.2. The summed E-state index contributed by atoms with van der Waals surface area (Å²) in [6, 6.07) is 4.21. The number of nitrogens with zero attached hydrogens (tertiary/aromatic N) is 1. The normalized spacial score (nSPS) is 19.3. The van der Waals surface area contributed by atoms with Gasteiger partial charge in [0.2, 0.25) is 5.91 Å². The standard InChI is InChI=1S/C13H16F2N2O/c1-16-10-5-6-17(8-10)12(18)7-9-3-2-4-11(14)13(9)15/h2-4,10,16H,5-8H2,1H3. The summed E-state index contributed by atoms with van der Waals surface area (Å²) >= 11 is 0. The van der Waals surface area contributed by atoms with E-state index in [0.29, 0.717) is 19.1 Å². The van der Waals surface area contributed by atoms with E-state index in [2.05, 4.69) is 5.32 Å². The third-order valence-corrected chi connectivity index (χ3v) is 3.32. The minimum absolute atomic E-state index is 0.0833. The highest BCUT2D eigenvalue weighted by Crippen LogP contribution is 2.15. The summed E-state index contributed by atoms with van der Waals surface area (Å²) in [6.07, 6.45) is 0.813. The number of benzene rings is 1. The van der Waals surface area contributed by atoms with Gasteiger partial charge >= 0.3 is 0 Å². The molecule has 1 saturated heterocycles. The van der Waals surface area contributed by atoms with Crippen molar-refractivity contribution >= 4 is 5.91 Å². The molecule has 0 bridgehead atoms. The van der Waals surface area contributed by atoms with E-state index < -0.39 is 11.6 Å². The van der Waals surface area contributed by atoms with E-state index in [0.717, 1.165) is 12.5 Å². The van der Waals surface area contributed by atoms with Gasteiger partial charge in [-0.15, -0.1) is 0 Å². The van der Waals surface area contributed by atoms with Crippen LogP contribution in [0, 0.1) is 11.6 Å². The molecule has 0 spiro atoms. The van der Waals surface area contributed by atoms with Crippen LogP contribution in [0.5, 0.6) is 0 Å². The first-order valence-electron chi connectivity index (χ1n) is 5.99. The van der Waals surface area contributed by atoms with Crippen LogP contribution in [0.2, 0.25) is 0 Å². The van der Waals surface area contributed by atoms with Gasteiger partial charge in [0.05, 0.1) is 6.42 Å². The Labute approximate surface area is 105 Å². The number of halogens is 2. The minimum atomic E-state index is -0.921. The lowest BCUT2D eigenvalue weighted by atomic mass is 10.1. The number of nitrogens with one attached hydrogen (secondary N) is 1. The van der Waals surface area contributed by atoms with Crippen molar-refractivity contribution in [3.8, 4) is 0 Å². The van der Waals surface area contributed by atoms with Crippen molar-refractivity contribution in [1.82, 2.24) is 10.2 Å². The number of amides is 1. The van der Waals surface area contributed by atoms with E-state index in [9.17, 15) is 13.6 Å². The highest BCUT2D eigenvalue weighted by Gasteiger charge is 2.25. The molecule has 5 heteroatoms. The highest BCUT2D eigenvalue weighted by molar-refractivity contribution is 5.79. The lowest BCUT2D eigenvalue weighted by Gasteiger charge is -2.16. The molecule has 1 fully saturated rings. The summed E-state index contributed by atoms with van der Waals surface area (Å²) in [7, 11) is 1.85. The van der Waals surface area contributed by atoms with E-state index >= 15 is 0 Å². The molecule has 1 aromatic carbocycles. The first-order valence-corrected chi connectivity index (χ1v) is 5.99. The Balaban J connectivity index is 2.01. The van der Waals surface area contributed by atoms with Crippen LogP contribution >= 0.6 is 0 Å². The third kappa shape index (κ3) is 2.67. The number of carbonyl (C=O) groups excluding carboxylic acids is 1. The second-order valence-corrected chi connectivity index (χ2v) is 4.50. The zero-order valence-corrected chi connectivity index (χ0v) is 10.2. The topological polar surface area (TPSA) is 32.3 Å². The van der Waals surface area contributed by atoms with Crippen LogP contribution in [0.3, 0.4) is 0 Å². The Hall–Kier alpha value is -1.49. The van der Waals surface area contributed by atoms with Gasteiger partial charge in [0.25, 0.3) is 0 Å². The van der Waals surface area contributed by atoms with Crippen LogP contribution in [0.4, 0.5) is 8.78 Å². The molecule has 0 aliphatic carbocycles. The fourth-order valence-electron chi connectivity index (χ4n) is 2.18. The summed E-state index contributed by atoms with van der Waals surface area (Å²) < 4.78 is 26.4. The molecule has 1 aromatic rings. The Morgan fingerprint density at radius 2 is 2.28 bits per heavy atom. The SMILES string of the molecule is CNC1CCN(C(=O)Cc2cccc(F)c2F)C1. The van der Waals surface area contributed by atoms with Gasteiger partial charge in [-0.25, -0.2) is 8.78 Å². The van der Waals surface area contributed by atoms with E-state index in [1.54, 1.807) is 4.90 Å². The second-order valence-electron chi connectivity index (χ2n) is 4.50. The zero-order chi connectivity index (χ0) is 13.1. The van der Waals surface area contributed by atoms with Gasteiger partial charge in [0.1, 0.15) is 0 Å². The van der Waals surface area contributed by atoms with Gasteiger partial charge in [-0.05, 0) is 19.5 Å². The molecule has 0 aromatic heterocycles. The van der Waals surface area contributed by atoms with Gasteiger partial charge in [-0.3, -0.25) is 4.79 Å². The Bertz CT molecular complexity index is 451. The minimum Gasteiger partial charge on any atom is -0.341 e. The van der Waals surface area contributed by atoms with Crippen LogP contribution in [0.25, 0.3) is 0 Å². The molecule has 18 heavy (non-hydrogen) atoms. The Morgan fingerprint density at radius 1 is 1.50 bits per heavy atom. The number of likely N-dealkylation sites (tertiary alicyclic amines) is 1. The van der Waals surface area contributed by atoms with Crippen molar-refractivity contribution in [2.75, 3.05) is 20.1 Å². The summed E-state index contributed by atoms with van der Waals surface area (Å²) in [5, 5.41) is 3.11. The molecule has 1 atom stereocenters. The van der Waals surface area contributed by atoms with Crippen molar-refractivity contribution in [1.29, 1.82) is 0 Å². The molecule has 1 amide bonds. The van der Waals surface area contributed by atoms with Crippen LogP contribution in [-0.2, 0) is 11.2 Å². The van der Waals surface area contributed by atoms with E-state index in [4.69, 9.17) is 0 Å². The van der Waals surface area contributed by atoms with E-state index in [1.807, 2.05) is 7.05 Å². The largest absolute Gasteiger partial charge is 0.341 e. The smallest absolute Gasteiger partial charge is 0.227 e. The maximum Gasteiger partial charge on any atom is 0.227 e. The van der Waals surface area contributed by atoms with Crippen molar-refractivity contribution in [3.63, 3.8) is 0 Å². The van der Waals surface area contributed by atoms with Gasteiger partial charge in [0, 0.05) is 24.7 Å². The predicted molar refractivity (Wildman–Crippen MR) is 64.1 cm³/mol. The molecule has 3 nitrogen and oxygen atoms in total. The Morgan fingerprint density at radius 3 is 2.94 bits per heavy atom. The Kier molecular flexibility index (Phi) is 3.91. The molecule has 1 unspecified atom stereocenters. The monoisotopic (exact) mass is 254 g/mol. The first-order chi connectivity index (χ1) is 8.61. The number of rotatable bonds is 3. The van der Waals surface area contributed by atoms with Crippen LogP contribution in [0.15, 0.2) is 18.2 Å². The van der Waals surface area contributed by atoms with Crippen molar-refractivity contribution in [2.24, 2.45) is 0 Å². The van der Waals surface area contributed by atoms with Gasteiger partial charge in [-0.2, -0.15) is 0 Å². The van der Waals surface area contributed by atoms with E-state index in [-0.39, 0.29) is 17.9 Å². The van der Waals surface area contributed by atoms with Gasteiger partial charge in [0.15, 0.2) is 11.6 Å². The fraction of sp³-hybridized carbons (Fsp3) is 0.462. The maximum absolute atomic E-state index is 13.4. The summed E-state index contributed by atoms with van der Waals surface area (Å²) in [5.41, 5.74) is 0.118. The lowest BCUT2D eigenvalue weighted by molar-refractivity contribution is -0.129. The van der Waals surface area contributed by atoms with Crippen LogP contribution < -0.4 is 5.32 Å². The van der Waals surface area contributed by atoms with Gasteiger partial charge < -0.3 is 10.2 Å². The quantitative estimate of drug-likeness (QED) is 0.882. The van der Waals surface area contributed by atoms with Crippen molar-refractivity contribution in [2.45, 2.75) is 18.9 Å². The average molecular weight is 254 g/mol. The van der Waals surface area contributed by atoms with Crippen LogP contribution in [0.1, 0.15) is 12.0 Å². The highest BCUT2D eigenvalue weighted by atomic mass is 19.2. The molecule has 1 N–H and O–H groups in total. The maximum atomic E-state index is 13.4. The molecule has 2 rings (SSSR count). The molecular formula is C13H16F2N2O. The summed E-state index contributed by atoms with van der Waals surface area (Å²) in [6.45, 7) is 1.30. The predicted octanol–water partition coefficient (Wildman–Crippen LogP) is 1.33. The number of carbonyl (C=O) groups is 1. The number of hydrogen-bond donors (Lipinski definition) is 1. The number of hydrogen-bond acceptors (Lipinski definition) is 2. The number of likely N-dealkylation sites (N-methyl/N-ethyl adjacent to an activating group) is 1. The molecule has 1 aliphatic rings. The summed E-state index contributed by atoms with van der Waals surface area (Å²) in [4.78, 5) is 13.6. The molecule has 98 valence electrons. The summed E-state index contributed by atoms with van der Waals surface area (Å²) in [5.74, 6) is -1.98.